The van der Waals surface area contributed by atoms with Gasteiger partial charge in [0.2, 0.25) is 15.9 Å². The number of hydrogen-bond acceptors (Lipinski definition) is 6. The highest BCUT2D eigenvalue weighted by Gasteiger charge is 2.47. The predicted octanol–water partition coefficient (Wildman–Crippen LogP) is 4.57. The van der Waals surface area contributed by atoms with Gasteiger partial charge in [-0.3, -0.25) is 9.69 Å². The number of methoxy groups -OCH3 is 1. The van der Waals surface area contributed by atoms with E-state index in [9.17, 15) is 13.2 Å². The van der Waals surface area contributed by atoms with Crippen LogP contribution in [0, 0.1) is 12.8 Å². The Balaban J connectivity index is 1.48. The molecular weight excluding hydrogens is 526 g/mol. The van der Waals surface area contributed by atoms with E-state index in [0.717, 1.165) is 31.4 Å². The molecule has 10 heteroatoms. The fraction of sp³-hybridized carbons (Fsp3) is 0.536. The van der Waals surface area contributed by atoms with Crippen LogP contribution >= 0.6 is 11.6 Å². The monoisotopic (exact) mass is 563 g/mol. The number of nitrogens with zero attached hydrogens (tertiary/aromatic N) is 2. The molecule has 1 N–H and O–H groups in total. The number of carbonyl (C=O) groups excluding carboxylic acids is 1. The number of morpholine rings is 1. The van der Waals surface area contributed by atoms with E-state index in [1.54, 1.807) is 34.6 Å². The van der Waals surface area contributed by atoms with Crippen LogP contribution in [0.3, 0.4) is 0 Å². The van der Waals surface area contributed by atoms with E-state index in [4.69, 9.17) is 21.1 Å². The zero-order chi connectivity index (χ0) is 27.5. The topological polar surface area (TPSA) is 88.2 Å². The highest BCUT2D eigenvalue weighted by molar-refractivity contribution is 7.89. The number of benzene rings is 2. The van der Waals surface area contributed by atoms with Gasteiger partial charge in [0, 0.05) is 24.8 Å². The quantitative estimate of drug-likeness (QED) is 0.506. The Morgan fingerprint density at radius 1 is 1.21 bits per heavy atom. The lowest BCUT2D eigenvalue weighted by Gasteiger charge is -2.50. The van der Waals surface area contributed by atoms with Crippen molar-refractivity contribution in [1.29, 1.82) is 0 Å². The molecule has 0 saturated carbocycles. The maximum Gasteiger partial charge on any atom is 0.243 e. The van der Waals surface area contributed by atoms with Crippen molar-refractivity contribution in [3.63, 3.8) is 0 Å². The highest BCUT2D eigenvalue weighted by Crippen LogP contribution is 2.35. The van der Waals surface area contributed by atoms with Gasteiger partial charge in [-0.25, -0.2) is 8.42 Å². The summed E-state index contributed by atoms with van der Waals surface area (Å²) in [7, 11) is -2.17. The number of ether oxygens (including phenoxy) is 2. The van der Waals surface area contributed by atoms with Gasteiger partial charge < -0.3 is 14.8 Å². The Kier molecular flexibility index (Phi) is 9.04. The standard InChI is InChI=1S/C28H38ClN3O5S/c1-20(2)14-23-17-37-28(19-32(23)38(34,35)24-9-6-21(3)7-10-24)12-5-13-31(18-28)16-27(33)30-22-8-11-26(36-4)25(29)15-22/h6-11,15,20,23H,5,12-14,16-19H2,1-4H3,(H,30,33)/t23-,28+/m0/s1. The lowest BCUT2D eigenvalue weighted by atomic mass is 9.89. The van der Waals surface area contributed by atoms with Crippen molar-refractivity contribution in [3.8, 4) is 5.75 Å². The van der Waals surface area contributed by atoms with Crippen LogP contribution in [0.2, 0.25) is 5.02 Å². The second kappa shape index (κ2) is 11.9. The minimum Gasteiger partial charge on any atom is -0.495 e. The van der Waals surface area contributed by atoms with Crippen LogP contribution in [0.5, 0.6) is 5.75 Å². The lowest BCUT2D eigenvalue weighted by Crippen LogP contribution is -2.64. The van der Waals surface area contributed by atoms with Crippen LogP contribution in [-0.2, 0) is 19.6 Å². The third-order valence-electron chi connectivity index (χ3n) is 7.23. The molecule has 0 aliphatic carbocycles. The van der Waals surface area contributed by atoms with Gasteiger partial charge in [0.1, 0.15) is 5.75 Å². The summed E-state index contributed by atoms with van der Waals surface area (Å²) in [5, 5.41) is 3.31. The van der Waals surface area contributed by atoms with E-state index < -0.39 is 15.6 Å². The zero-order valence-electron chi connectivity index (χ0n) is 22.6. The van der Waals surface area contributed by atoms with Crippen molar-refractivity contribution in [3.05, 3.63) is 53.1 Å². The first-order valence-electron chi connectivity index (χ1n) is 13.1. The third-order valence-corrected chi connectivity index (χ3v) is 9.43. The molecule has 4 rings (SSSR count). The average Bonchev–Trinajstić information content (AvgIpc) is 2.85. The van der Waals surface area contributed by atoms with Crippen molar-refractivity contribution in [2.24, 2.45) is 5.92 Å². The summed E-state index contributed by atoms with van der Waals surface area (Å²) >= 11 is 6.19. The molecule has 0 bridgehead atoms. The Bertz CT molecular complexity index is 1240. The first-order valence-corrected chi connectivity index (χ1v) is 14.9. The molecule has 8 nitrogen and oxygen atoms in total. The summed E-state index contributed by atoms with van der Waals surface area (Å²) in [5.74, 6) is 0.699. The second-order valence-electron chi connectivity index (χ2n) is 10.9. The van der Waals surface area contributed by atoms with E-state index in [2.05, 4.69) is 19.2 Å². The first kappa shape index (κ1) is 28.8. The molecule has 2 aliphatic rings. The number of aryl methyl sites for hydroxylation is 1. The number of amides is 1. The fourth-order valence-corrected chi connectivity index (χ4v) is 7.34. The number of nitrogens with one attached hydrogen (secondary N) is 1. The number of hydrogen-bond donors (Lipinski definition) is 1. The highest BCUT2D eigenvalue weighted by atomic mass is 35.5. The van der Waals surface area contributed by atoms with Gasteiger partial charge in [0.15, 0.2) is 0 Å². The van der Waals surface area contributed by atoms with Crippen LogP contribution in [0.15, 0.2) is 47.4 Å². The Labute approximate surface area is 231 Å². The molecule has 2 atom stereocenters. The lowest BCUT2D eigenvalue weighted by molar-refractivity contribution is -0.146. The molecule has 1 amide bonds. The summed E-state index contributed by atoms with van der Waals surface area (Å²) in [5.41, 5.74) is 0.945. The smallest absolute Gasteiger partial charge is 0.243 e. The van der Waals surface area contributed by atoms with Gasteiger partial charge in [-0.15, -0.1) is 0 Å². The van der Waals surface area contributed by atoms with Crippen LogP contribution in [0.4, 0.5) is 5.69 Å². The van der Waals surface area contributed by atoms with Gasteiger partial charge >= 0.3 is 0 Å². The maximum absolute atomic E-state index is 13.8. The van der Waals surface area contributed by atoms with Crippen molar-refractivity contribution >= 4 is 33.2 Å². The first-order chi connectivity index (χ1) is 18.0. The number of halogens is 1. The number of anilines is 1. The molecule has 2 aliphatic heterocycles. The molecular formula is C28H38ClN3O5S. The number of rotatable bonds is 8. The minimum atomic E-state index is -3.71. The summed E-state index contributed by atoms with van der Waals surface area (Å²) in [6, 6.07) is 11.9. The number of piperidine rings is 1. The molecule has 2 fully saturated rings. The number of sulfonamides is 1. The molecule has 0 aromatic heterocycles. The second-order valence-corrected chi connectivity index (χ2v) is 13.2. The number of carbonyl (C=O) groups is 1. The van der Waals surface area contributed by atoms with Crippen LogP contribution in [-0.4, -0.2) is 75.1 Å². The number of likely N-dealkylation sites (tertiary alicyclic amines) is 1. The SMILES string of the molecule is COc1ccc(NC(=O)CN2CCC[C@@]3(C2)CN(S(=O)(=O)c2ccc(C)cc2)[C@@H](CC(C)C)CO3)cc1Cl. The Morgan fingerprint density at radius 2 is 1.95 bits per heavy atom. The van der Waals surface area contributed by atoms with Crippen molar-refractivity contribution in [2.75, 3.05) is 45.2 Å². The zero-order valence-corrected chi connectivity index (χ0v) is 24.1. The van der Waals surface area contributed by atoms with Crippen LogP contribution < -0.4 is 10.1 Å². The van der Waals surface area contributed by atoms with Gasteiger partial charge in [0.05, 0.1) is 35.8 Å². The minimum absolute atomic E-state index is 0.166. The normalized spacial score (nSPS) is 23.1. The maximum atomic E-state index is 13.8. The molecule has 38 heavy (non-hydrogen) atoms. The molecule has 208 valence electrons. The van der Waals surface area contributed by atoms with E-state index in [1.165, 1.54) is 7.11 Å². The van der Waals surface area contributed by atoms with Gasteiger partial charge in [-0.1, -0.05) is 43.1 Å². The van der Waals surface area contributed by atoms with Crippen LogP contribution in [0.25, 0.3) is 0 Å². The summed E-state index contributed by atoms with van der Waals surface area (Å²) < 4.78 is 40.9. The molecule has 2 aromatic carbocycles. The largest absolute Gasteiger partial charge is 0.495 e. The molecule has 0 unspecified atom stereocenters. The fourth-order valence-electron chi connectivity index (χ4n) is 5.39. The molecule has 2 saturated heterocycles. The third kappa shape index (κ3) is 6.69. The Morgan fingerprint density at radius 3 is 2.61 bits per heavy atom. The van der Waals surface area contributed by atoms with Gasteiger partial charge in [-0.05, 0) is 69.0 Å². The van der Waals surface area contributed by atoms with Gasteiger partial charge in [0.25, 0.3) is 0 Å². The van der Waals surface area contributed by atoms with E-state index in [-0.39, 0.29) is 25.0 Å². The van der Waals surface area contributed by atoms with Crippen molar-refractivity contribution < 1.29 is 22.7 Å². The average molecular weight is 564 g/mol. The predicted molar refractivity (Wildman–Crippen MR) is 149 cm³/mol. The molecule has 2 aromatic rings. The van der Waals surface area contributed by atoms with Crippen molar-refractivity contribution in [1.82, 2.24) is 9.21 Å². The van der Waals surface area contributed by atoms with Gasteiger partial charge in [-0.2, -0.15) is 4.31 Å². The summed E-state index contributed by atoms with van der Waals surface area (Å²) in [6.07, 6.45) is 2.28. The van der Waals surface area contributed by atoms with E-state index in [0.29, 0.717) is 40.4 Å². The summed E-state index contributed by atoms with van der Waals surface area (Å²) in [6.45, 7) is 8.14. The molecule has 0 radical (unpaired) electrons. The van der Waals surface area contributed by atoms with Crippen molar-refractivity contribution in [2.45, 2.75) is 56.6 Å². The van der Waals surface area contributed by atoms with E-state index >= 15 is 0 Å². The Hall–Kier alpha value is -2.17. The molecule has 1 spiro atoms. The summed E-state index contributed by atoms with van der Waals surface area (Å²) in [4.78, 5) is 15.2. The van der Waals surface area contributed by atoms with Crippen LogP contribution in [0.1, 0.15) is 38.7 Å². The molecule has 2 heterocycles. The van der Waals surface area contributed by atoms with E-state index in [1.807, 2.05) is 24.0 Å².